The molecule has 6 heteroatoms. The Morgan fingerprint density at radius 3 is 2.61 bits per heavy atom. The Morgan fingerprint density at radius 2 is 2.06 bits per heavy atom. The van der Waals surface area contributed by atoms with Crippen molar-refractivity contribution in [2.75, 3.05) is 12.4 Å². The molecular weight excluding hydrogens is 234 g/mol. The molecule has 0 atom stereocenters. The Bertz CT molecular complexity index is 560. The number of aromatic carboxylic acids is 1. The summed E-state index contributed by atoms with van der Waals surface area (Å²) in [5.41, 5.74) is 1.34. The molecule has 94 valence electrons. The number of nitrogens with one attached hydrogen (secondary N) is 1. The Morgan fingerprint density at radius 1 is 1.39 bits per heavy atom. The van der Waals surface area contributed by atoms with Gasteiger partial charge >= 0.3 is 5.97 Å². The highest BCUT2D eigenvalue weighted by Gasteiger charge is 2.15. The number of carbonyl (C=O) groups is 1. The number of aryl methyl sites for hydroxylation is 1. The number of carboxylic acid groups (broad SMARTS) is 1. The normalized spacial score (nSPS) is 10.1. The van der Waals surface area contributed by atoms with Gasteiger partial charge in [0.05, 0.1) is 19.0 Å². The summed E-state index contributed by atoms with van der Waals surface area (Å²) >= 11 is 0. The third-order valence-corrected chi connectivity index (χ3v) is 2.51. The summed E-state index contributed by atoms with van der Waals surface area (Å²) in [5.74, 6) is -0.281. The Kier molecular flexibility index (Phi) is 3.18. The number of carboxylic acids is 1. The summed E-state index contributed by atoms with van der Waals surface area (Å²) in [6.07, 6.45) is 1.48. The lowest BCUT2D eigenvalue weighted by atomic mass is 10.3. The first-order chi connectivity index (χ1) is 8.61. The number of nitrogens with zero attached hydrogens (tertiary/aromatic N) is 2. The van der Waals surface area contributed by atoms with Crippen molar-refractivity contribution in [1.29, 1.82) is 0 Å². The quantitative estimate of drug-likeness (QED) is 0.862. The van der Waals surface area contributed by atoms with Gasteiger partial charge in [-0.15, -0.1) is 0 Å². The lowest BCUT2D eigenvalue weighted by molar-refractivity contribution is 0.0686. The Balaban J connectivity index is 2.25. The highest BCUT2D eigenvalue weighted by molar-refractivity contribution is 5.93. The molecule has 0 fully saturated rings. The summed E-state index contributed by atoms with van der Waals surface area (Å²) in [4.78, 5) is 11.1. The van der Waals surface area contributed by atoms with Gasteiger partial charge in [-0.2, -0.15) is 5.10 Å². The number of aromatic nitrogens is 2. The maximum Gasteiger partial charge on any atom is 0.356 e. The number of rotatable bonds is 4. The zero-order valence-corrected chi connectivity index (χ0v) is 10.0. The minimum absolute atomic E-state index is 0.116. The molecule has 1 aromatic carbocycles. The molecule has 2 aromatic rings. The molecular formula is C12H13N3O3. The molecule has 0 unspecified atom stereocenters. The maximum absolute atomic E-state index is 11.1. The maximum atomic E-state index is 11.1. The first-order valence-corrected chi connectivity index (χ1v) is 5.28. The summed E-state index contributed by atoms with van der Waals surface area (Å²) in [6.45, 7) is 0. The molecule has 0 amide bonds. The van der Waals surface area contributed by atoms with E-state index in [9.17, 15) is 4.79 Å². The monoisotopic (exact) mass is 247 g/mol. The SMILES string of the molecule is COc1ccc(Nc2cnn(C)c2C(=O)O)cc1. The smallest absolute Gasteiger partial charge is 0.356 e. The molecule has 1 heterocycles. The zero-order chi connectivity index (χ0) is 13.1. The molecule has 0 radical (unpaired) electrons. The highest BCUT2D eigenvalue weighted by atomic mass is 16.5. The molecule has 0 saturated carbocycles. The van der Waals surface area contributed by atoms with Crippen molar-refractivity contribution >= 4 is 17.3 Å². The van der Waals surface area contributed by atoms with E-state index in [1.54, 1.807) is 38.4 Å². The molecule has 0 bridgehead atoms. The number of hydrogen-bond donors (Lipinski definition) is 2. The first-order valence-electron chi connectivity index (χ1n) is 5.28. The topological polar surface area (TPSA) is 76.4 Å². The van der Waals surface area contributed by atoms with Crippen LogP contribution in [0.2, 0.25) is 0 Å². The van der Waals surface area contributed by atoms with Crippen molar-refractivity contribution in [2.24, 2.45) is 7.05 Å². The van der Waals surface area contributed by atoms with E-state index in [4.69, 9.17) is 9.84 Å². The first kappa shape index (κ1) is 12.0. The number of anilines is 2. The fourth-order valence-electron chi connectivity index (χ4n) is 1.61. The van der Waals surface area contributed by atoms with Crippen LogP contribution in [0.4, 0.5) is 11.4 Å². The van der Waals surface area contributed by atoms with Gasteiger partial charge in [-0.05, 0) is 24.3 Å². The second-order valence-corrected chi connectivity index (χ2v) is 3.69. The molecule has 0 saturated heterocycles. The van der Waals surface area contributed by atoms with Gasteiger partial charge in [-0.1, -0.05) is 0 Å². The minimum Gasteiger partial charge on any atom is -0.497 e. The summed E-state index contributed by atoms with van der Waals surface area (Å²) in [6, 6.07) is 7.19. The molecule has 2 rings (SSSR count). The van der Waals surface area contributed by atoms with Gasteiger partial charge in [0, 0.05) is 12.7 Å². The molecule has 6 nitrogen and oxygen atoms in total. The van der Waals surface area contributed by atoms with Crippen molar-refractivity contribution in [1.82, 2.24) is 9.78 Å². The third-order valence-electron chi connectivity index (χ3n) is 2.51. The fourth-order valence-corrected chi connectivity index (χ4v) is 1.61. The summed E-state index contributed by atoms with van der Waals surface area (Å²) in [5, 5.41) is 16.0. The lowest BCUT2D eigenvalue weighted by Crippen LogP contribution is -2.07. The van der Waals surface area contributed by atoms with Crippen LogP contribution < -0.4 is 10.1 Å². The van der Waals surface area contributed by atoms with Crippen LogP contribution in [0.1, 0.15) is 10.5 Å². The van der Waals surface area contributed by atoms with Crippen LogP contribution in [0.3, 0.4) is 0 Å². The van der Waals surface area contributed by atoms with E-state index < -0.39 is 5.97 Å². The molecule has 2 N–H and O–H groups in total. The predicted octanol–water partition coefficient (Wildman–Crippen LogP) is 1.87. The minimum atomic E-state index is -1.02. The van der Waals surface area contributed by atoms with Crippen LogP contribution in [0.15, 0.2) is 30.5 Å². The van der Waals surface area contributed by atoms with E-state index in [2.05, 4.69) is 10.4 Å². The van der Waals surface area contributed by atoms with Crippen LogP contribution in [0.25, 0.3) is 0 Å². The van der Waals surface area contributed by atoms with E-state index in [1.807, 2.05) is 0 Å². The molecule has 0 spiro atoms. The van der Waals surface area contributed by atoms with Crippen molar-refractivity contribution in [3.8, 4) is 5.75 Å². The van der Waals surface area contributed by atoms with E-state index in [0.29, 0.717) is 5.69 Å². The average Bonchev–Trinajstić information content (AvgIpc) is 2.71. The van der Waals surface area contributed by atoms with E-state index in [-0.39, 0.29) is 5.69 Å². The zero-order valence-electron chi connectivity index (χ0n) is 10.0. The Labute approximate surface area is 104 Å². The van der Waals surface area contributed by atoms with Crippen molar-refractivity contribution < 1.29 is 14.6 Å². The van der Waals surface area contributed by atoms with Crippen molar-refractivity contribution in [3.05, 3.63) is 36.2 Å². The second kappa shape index (κ2) is 4.79. The average molecular weight is 247 g/mol. The number of ether oxygens (including phenoxy) is 1. The van der Waals surface area contributed by atoms with Crippen LogP contribution in [0.5, 0.6) is 5.75 Å². The molecule has 0 aliphatic heterocycles. The van der Waals surface area contributed by atoms with Gasteiger partial charge in [0.1, 0.15) is 5.75 Å². The van der Waals surface area contributed by atoms with Gasteiger partial charge < -0.3 is 15.2 Å². The van der Waals surface area contributed by atoms with E-state index in [1.165, 1.54) is 10.9 Å². The van der Waals surface area contributed by atoms with Gasteiger partial charge in [-0.25, -0.2) is 4.79 Å². The largest absolute Gasteiger partial charge is 0.497 e. The fraction of sp³-hybridized carbons (Fsp3) is 0.167. The molecule has 1 aromatic heterocycles. The molecule has 18 heavy (non-hydrogen) atoms. The number of benzene rings is 1. The predicted molar refractivity (Wildman–Crippen MR) is 66.4 cm³/mol. The molecule has 0 aliphatic rings. The van der Waals surface area contributed by atoms with Crippen molar-refractivity contribution in [2.45, 2.75) is 0 Å². The van der Waals surface area contributed by atoms with Crippen LogP contribution >= 0.6 is 0 Å². The van der Waals surface area contributed by atoms with Crippen LogP contribution in [-0.4, -0.2) is 28.0 Å². The molecule has 0 aliphatic carbocycles. The van der Waals surface area contributed by atoms with E-state index >= 15 is 0 Å². The lowest BCUT2D eigenvalue weighted by Gasteiger charge is -2.06. The van der Waals surface area contributed by atoms with Crippen molar-refractivity contribution in [3.63, 3.8) is 0 Å². The van der Waals surface area contributed by atoms with Gasteiger partial charge in [0.15, 0.2) is 5.69 Å². The third kappa shape index (κ3) is 2.27. The van der Waals surface area contributed by atoms with Crippen LogP contribution in [-0.2, 0) is 7.05 Å². The van der Waals surface area contributed by atoms with E-state index in [0.717, 1.165) is 11.4 Å². The summed E-state index contributed by atoms with van der Waals surface area (Å²) < 4.78 is 6.36. The highest BCUT2D eigenvalue weighted by Crippen LogP contribution is 2.22. The number of hydrogen-bond acceptors (Lipinski definition) is 4. The van der Waals surface area contributed by atoms with Gasteiger partial charge in [-0.3, -0.25) is 4.68 Å². The second-order valence-electron chi connectivity index (χ2n) is 3.69. The number of methoxy groups -OCH3 is 1. The van der Waals surface area contributed by atoms with Crippen LogP contribution in [0, 0.1) is 0 Å². The Hall–Kier alpha value is -2.50. The van der Waals surface area contributed by atoms with Gasteiger partial charge in [0.25, 0.3) is 0 Å². The van der Waals surface area contributed by atoms with Gasteiger partial charge in [0.2, 0.25) is 0 Å². The summed E-state index contributed by atoms with van der Waals surface area (Å²) in [7, 11) is 3.18. The standard InChI is InChI=1S/C12H13N3O3/c1-15-11(12(16)17)10(7-13-15)14-8-3-5-9(18-2)6-4-8/h3-7,14H,1-2H3,(H,16,17).